The van der Waals surface area contributed by atoms with Gasteiger partial charge >= 0.3 is 5.69 Å². The van der Waals surface area contributed by atoms with E-state index in [0.717, 1.165) is 15.3 Å². The number of anilines is 1. The van der Waals surface area contributed by atoms with Crippen LogP contribution in [-0.4, -0.2) is 51.5 Å². The van der Waals surface area contributed by atoms with E-state index >= 15 is 0 Å². The number of piperazine rings is 1. The number of pyridine rings is 1. The standard InChI is InChI=1S/C19H19N5O3S/c25-17(23-9-7-22(8-10-23)16-5-1-2-6-20-16)15-12-21-19(27)24(18(15)26)13-14-4-3-11-28-14/h1-6,11-12H,7-10,13H2,(H,21,27). The van der Waals surface area contributed by atoms with Crippen molar-refractivity contribution in [2.75, 3.05) is 31.1 Å². The highest BCUT2D eigenvalue weighted by Gasteiger charge is 2.25. The number of carbonyl (C=O) groups is 1. The van der Waals surface area contributed by atoms with Crippen LogP contribution in [0.15, 0.2) is 57.7 Å². The molecule has 0 aromatic carbocycles. The van der Waals surface area contributed by atoms with E-state index in [4.69, 9.17) is 0 Å². The van der Waals surface area contributed by atoms with E-state index in [1.54, 1.807) is 11.1 Å². The number of hydrogen-bond donors (Lipinski definition) is 1. The van der Waals surface area contributed by atoms with Crippen LogP contribution in [0.4, 0.5) is 5.82 Å². The fraction of sp³-hybridized carbons (Fsp3) is 0.263. The highest BCUT2D eigenvalue weighted by atomic mass is 32.1. The van der Waals surface area contributed by atoms with E-state index in [9.17, 15) is 14.4 Å². The SMILES string of the molecule is O=C(c1c[nH]c(=O)n(Cc2cccs2)c1=O)N1CCN(c2ccccn2)CC1. The first-order valence-corrected chi connectivity index (χ1v) is 9.81. The second-order valence-corrected chi connectivity index (χ2v) is 7.48. The van der Waals surface area contributed by atoms with Gasteiger partial charge in [0.2, 0.25) is 0 Å². The quantitative estimate of drug-likeness (QED) is 0.709. The van der Waals surface area contributed by atoms with Crippen molar-refractivity contribution in [2.45, 2.75) is 6.54 Å². The molecule has 4 heterocycles. The van der Waals surface area contributed by atoms with E-state index in [1.165, 1.54) is 17.5 Å². The van der Waals surface area contributed by atoms with Crippen LogP contribution >= 0.6 is 11.3 Å². The fourth-order valence-corrected chi connectivity index (χ4v) is 3.91. The van der Waals surface area contributed by atoms with Gasteiger partial charge in [-0.05, 0) is 23.6 Å². The Balaban J connectivity index is 1.51. The molecule has 3 aromatic heterocycles. The first-order chi connectivity index (χ1) is 13.6. The van der Waals surface area contributed by atoms with Gasteiger partial charge in [-0.3, -0.25) is 14.2 Å². The van der Waals surface area contributed by atoms with E-state index in [1.807, 2.05) is 35.7 Å². The van der Waals surface area contributed by atoms with Crippen LogP contribution in [0.25, 0.3) is 0 Å². The Morgan fingerprint density at radius 1 is 1.11 bits per heavy atom. The van der Waals surface area contributed by atoms with Crippen molar-refractivity contribution in [3.05, 3.63) is 79.4 Å². The van der Waals surface area contributed by atoms with Gasteiger partial charge in [-0.15, -0.1) is 11.3 Å². The molecule has 1 amide bonds. The number of aromatic amines is 1. The summed E-state index contributed by atoms with van der Waals surface area (Å²) in [6, 6.07) is 9.43. The van der Waals surface area contributed by atoms with Crippen molar-refractivity contribution in [1.29, 1.82) is 0 Å². The molecule has 1 aliphatic heterocycles. The second-order valence-electron chi connectivity index (χ2n) is 6.45. The average molecular weight is 397 g/mol. The summed E-state index contributed by atoms with van der Waals surface area (Å²) in [6.07, 6.45) is 2.96. The molecule has 1 saturated heterocycles. The Hall–Kier alpha value is -3.20. The number of H-pyrrole nitrogens is 1. The van der Waals surface area contributed by atoms with E-state index < -0.39 is 11.2 Å². The van der Waals surface area contributed by atoms with Crippen molar-refractivity contribution in [3.8, 4) is 0 Å². The molecule has 8 nitrogen and oxygen atoms in total. The third-order valence-electron chi connectivity index (χ3n) is 4.73. The van der Waals surface area contributed by atoms with E-state index in [2.05, 4.69) is 14.9 Å². The third kappa shape index (κ3) is 3.61. The minimum absolute atomic E-state index is 0.0116. The summed E-state index contributed by atoms with van der Waals surface area (Å²) in [5, 5.41) is 1.88. The van der Waals surface area contributed by atoms with Gasteiger partial charge in [0.25, 0.3) is 11.5 Å². The molecule has 3 aromatic rings. The number of carbonyl (C=O) groups excluding carboxylic acids is 1. The van der Waals surface area contributed by atoms with Gasteiger partial charge in [-0.2, -0.15) is 0 Å². The van der Waals surface area contributed by atoms with Crippen molar-refractivity contribution in [1.82, 2.24) is 19.4 Å². The predicted molar refractivity (Wildman–Crippen MR) is 107 cm³/mol. The van der Waals surface area contributed by atoms with Crippen molar-refractivity contribution < 1.29 is 4.79 Å². The lowest BCUT2D eigenvalue weighted by atomic mass is 10.2. The van der Waals surface area contributed by atoms with Crippen molar-refractivity contribution >= 4 is 23.1 Å². The van der Waals surface area contributed by atoms with Gasteiger partial charge in [-0.1, -0.05) is 12.1 Å². The molecule has 144 valence electrons. The molecular formula is C19H19N5O3S. The van der Waals surface area contributed by atoms with Crippen molar-refractivity contribution in [3.63, 3.8) is 0 Å². The topological polar surface area (TPSA) is 91.3 Å². The van der Waals surface area contributed by atoms with Crippen LogP contribution in [0.1, 0.15) is 15.2 Å². The van der Waals surface area contributed by atoms with Gasteiger partial charge in [-0.25, -0.2) is 9.78 Å². The molecule has 9 heteroatoms. The molecule has 0 radical (unpaired) electrons. The third-order valence-corrected chi connectivity index (χ3v) is 5.59. The maximum absolute atomic E-state index is 12.9. The van der Waals surface area contributed by atoms with Gasteiger partial charge in [0, 0.05) is 43.4 Å². The van der Waals surface area contributed by atoms with Gasteiger partial charge in [0.1, 0.15) is 11.4 Å². The number of rotatable bonds is 4. The molecule has 0 spiro atoms. The predicted octanol–water partition coefficient (Wildman–Crippen LogP) is 1.00. The molecule has 1 aliphatic rings. The Morgan fingerprint density at radius 2 is 1.93 bits per heavy atom. The van der Waals surface area contributed by atoms with Crippen LogP contribution < -0.4 is 16.1 Å². The fourth-order valence-electron chi connectivity index (χ4n) is 3.22. The summed E-state index contributed by atoms with van der Waals surface area (Å²) in [5.41, 5.74) is -1.09. The van der Waals surface area contributed by atoms with Gasteiger partial charge < -0.3 is 14.8 Å². The second kappa shape index (κ2) is 7.81. The summed E-state index contributed by atoms with van der Waals surface area (Å²) in [7, 11) is 0. The molecule has 4 rings (SSSR count). The van der Waals surface area contributed by atoms with Crippen LogP contribution in [0, 0.1) is 0 Å². The summed E-state index contributed by atoms with van der Waals surface area (Å²) >= 11 is 1.46. The minimum atomic E-state index is -0.561. The number of aromatic nitrogens is 3. The zero-order valence-corrected chi connectivity index (χ0v) is 15.9. The van der Waals surface area contributed by atoms with Crippen LogP contribution in [-0.2, 0) is 6.54 Å². The first kappa shape index (κ1) is 18.2. The lowest BCUT2D eigenvalue weighted by molar-refractivity contribution is 0.0743. The summed E-state index contributed by atoms with van der Waals surface area (Å²) in [4.78, 5) is 49.2. The Labute approximate surface area is 164 Å². The Kier molecular flexibility index (Phi) is 5.07. The molecule has 0 atom stereocenters. The van der Waals surface area contributed by atoms with Gasteiger partial charge in [0.05, 0.1) is 6.54 Å². The number of hydrogen-bond acceptors (Lipinski definition) is 6. The lowest BCUT2D eigenvalue weighted by Gasteiger charge is -2.35. The minimum Gasteiger partial charge on any atom is -0.353 e. The summed E-state index contributed by atoms with van der Waals surface area (Å²) in [5.74, 6) is 0.513. The van der Waals surface area contributed by atoms with Crippen LogP contribution in [0.2, 0.25) is 0 Å². The maximum Gasteiger partial charge on any atom is 0.328 e. The number of amides is 1. The number of thiophene rings is 1. The highest BCUT2D eigenvalue weighted by Crippen LogP contribution is 2.13. The largest absolute Gasteiger partial charge is 0.353 e. The molecule has 0 aliphatic carbocycles. The number of nitrogens with zero attached hydrogens (tertiary/aromatic N) is 4. The first-order valence-electron chi connectivity index (χ1n) is 8.93. The average Bonchev–Trinajstić information content (AvgIpc) is 3.25. The lowest BCUT2D eigenvalue weighted by Crippen LogP contribution is -2.50. The highest BCUT2D eigenvalue weighted by molar-refractivity contribution is 7.09. The monoisotopic (exact) mass is 397 g/mol. The molecule has 0 saturated carbocycles. The molecule has 1 N–H and O–H groups in total. The van der Waals surface area contributed by atoms with Crippen LogP contribution in [0.5, 0.6) is 0 Å². The number of nitrogens with one attached hydrogen (secondary N) is 1. The smallest absolute Gasteiger partial charge is 0.328 e. The van der Waals surface area contributed by atoms with E-state index in [0.29, 0.717) is 26.2 Å². The summed E-state index contributed by atoms with van der Waals surface area (Å²) < 4.78 is 1.07. The molecule has 1 fully saturated rings. The molecule has 0 unspecified atom stereocenters. The Morgan fingerprint density at radius 3 is 2.61 bits per heavy atom. The molecule has 28 heavy (non-hydrogen) atoms. The normalized spacial score (nSPS) is 14.3. The van der Waals surface area contributed by atoms with Crippen molar-refractivity contribution in [2.24, 2.45) is 0 Å². The molecular weight excluding hydrogens is 378 g/mol. The molecule has 0 bridgehead atoms. The maximum atomic E-state index is 12.9. The van der Waals surface area contributed by atoms with Crippen LogP contribution in [0.3, 0.4) is 0 Å². The van der Waals surface area contributed by atoms with E-state index in [-0.39, 0.29) is 18.0 Å². The summed E-state index contributed by atoms with van der Waals surface area (Å²) in [6.45, 7) is 2.39. The zero-order chi connectivity index (χ0) is 19.5. The zero-order valence-electron chi connectivity index (χ0n) is 15.1. The van der Waals surface area contributed by atoms with Gasteiger partial charge in [0.15, 0.2) is 0 Å². The Bertz CT molecular complexity index is 1070.